The normalized spacial score (nSPS) is 18.0. The number of anilines is 1. The quantitative estimate of drug-likeness (QED) is 0.567. The fourth-order valence-corrected chi connectivity index (χ4v) is 4.74. The molecule has 0 radical (unpaired) electrons. The lowest BCUT2D eigenvalue weighted by atomic mass is 9.93. The van der Waals surface area contributed by atoms with Gasteiger partial charge in [0, 0.05) is 31.8 Å². The van der Waals surface area contributed by atoms with Gasteiger partial charge in [-0.2, -0.15) is 0 Å². The summed E-state index contributed by atoms with van der Waals surface area (Å²) in [6, 6.07) is 11.6. The number of fused-ring (bicyclic) bond motifs is 2. The molecule has 1 fully saturated rings. The molecule has 1 aromatic carbocycles. The van der Waals surface area contributed by atoms with Gasteiger partial charge in [0.15, 0.2) is 11.5 Å². The van der Waals surface area contributed by atoms with E-state index in [4.69, 9.17) is 14.2 Å². The number of methoxy groups -OCH3 is 1. The molecule has 0 spiro atoms. The highest BCUT2D eigenvalue weighted by molar-refractivity contribution is 5.99. The molecular formula is C26H30N4O4. The van der Waals surface area contributed by atoms with Crippen LogP contribution in [0.2, 0.25) is 0 Å². The molecule has 1 N–H and O–H groups in total. The number of nitrogens with zero attached hydrogens (tertiary/aromatic N) is 3. The summed E-state index contributed by atoms with van der Waals surface area (Å²) < 4.78 is 16.6. The number of aromatic nitrogens is 2. The number of benzene rings is 1. The number of carbonyl (C=O) groups excluding carboxylic acids is 1. The molecule has 3 aromatic rings. The minimum Gasteiger partial charge on any atom is -0.486 e. The maximum absolute atomic E-state index is 12.7. The van der Waals surface area contributed by atoms with E-state index < -0.39 is 0 Å². The molecule has 4 heterocycles. The van der Waals surface area contributed by atoms with Crippen LogP contribution in [0.25, 0.3) is 11.0 Å². The van der Waals surface area contributed by atoms with Crippen LogP contribution in [-0.4, -0.2) is 54.2 Å². The molecule has 1 amide bonds. The van der Waals surface area contributed by atoms with E-state index in [1.54, 1.807) is 25.4 Å². The molecule has 8 nitrogen and oxygen atoms in total. The largest absolute Gasteiger partial charge is 0.486 e. The molecule has 5 rings (SSSR count). The molecule has 2 aliphatic rings. The summed E-state index contributed by atoms with van der Waals surface area (Å²) in [6.45, 7) is 4.17. The average Bonchev–Trinajstić information content (AvgIpc) is 2.87. The van der Waals surface area contributed by atoms with Crippen LogP contribution in [0.1, 0.15) is 31.2 Å². The SMILES string of the molecule is COc1ccc2nccc(NC(=O)CCC3CCCN(Cc4ccc5c(c4)OCCO5)C3)c2n1. The second-order valence-electron chi connectivity index (χ2n) is 8.89. The fourth-order valence-electron chi connectivity index (χ4n) is 4.74. The van der Waals surface area contributed by atoms with E-state index in [2.05, 4.69) is 32.3 Å². The van der Waals surface area contributed by atoms with Crippen LogP contribution in [0.5, 0.6) is 17.4 Å². The lowest BCUT2D eigenvalue weighted by molar-refractivity contribution is -0.116. The van der Waals surface area contributed by atoms with Crippen LogP contribution >= 0.6 is 0 Å². The summed E-state index contributed by atoms with van der Waals surface area (Å²) in [4.78, 5) is 24.0. The van der Waals surface area contributed by atoms with Gasteiger partial charge >= 0.3 is 0 Å². The average molecular weight is 463 g/mol. The van der Waals surface area contributed by atoms with Gasteiger partial charge in [0.2, 0.25) is 11.8 Å². The number of piperidine rings is 1. The molecule has 34 heavy (non-hydrogen) atoms. The van der Waals surface area contributed by atoms with Crippen molar-refractivity contribution in [3.63, 3.8) is 0 Å². The predicted octanol–water partition coefficient (Wildman–Crippen LogP) is 4.04. The second kappa shape index (κ2) is 10.3. The van der Waals surface area contributed by atoms with Crippen molar-refractivity contribution in [2.24, 2.45) is 5.92 Å². The zero-order valence-electron chi connectivity index (χ0n) is 19.5. The highest BCUT2D eigenvalue weighted by atomic mass is 16.6. The third-order valence-electron chi connectivity index (χ3n) is 6.44. The Bertz CT molecular complexity index is 1170. The van der Waals surface area contributed by atoms with Crippen molar-refractivity contribution in [2.45, 2.75) is 32.2 Å². The molecule has 1 saturated heterocycles. The van der Waals surface area contributed by atoms with Crippen molar-refractivity contribution in [1.29, 1.82) is 0 Å². The van der Waals surface area contributed by atoms with Crippen LogP contribution in [0, 0.1) is 5.92 Å². The van der Waals surface area contributed by atoms with Gasteiger partial charge in [-0.1, -0.05) is 6.07 Å². The van der Waals surface area contributed by atoms with Gasteiger partial charge < -0.3 is 19.5 Å². The number of likely N-dealkylation sites (tertiary alicyclic amines) is 1. The summed E-state index contributed by atoms with van der Waals surface area (Å²) in [7, 11) is 1.57. The van der Waals surface area contributed by atoms with Gasteiger partial charge in [0.05, 0.1) is 18.3 Å². The molecule has 8 heteroatoms. The number of carbonyl (C=O) groups is 1. The summed E-state index contributed by atoms with van der Waals surface area (Å²) >= 11 is 0. The van der Waals surface area contributed by atoms with Gasteiger partial charge in [-0.15, -0.1) is 0 Å². The summed E-state index contributed by atoms with van der Waals surface area (Å²) in [5.74, 6) is 2.67. The monoisotopic (exact) mass is 462 g/mol. The number of hydrogen-bond acceptors (Lipinski definition) is 7. The smallest absolute Gasteiger partial charge is 0.224 e. The number of rotatable bonds is 7. The molecule has 0 saturated carbocycles. The number of ether oxygens (including phenoxy) is 3. The first-order valence-electron chi connectivity index (χ1n) is 11.9. The van der Waals surface area contributed by atoms with Crippen molar-refractivity contribution >= 4 is 22.6 Å². The van der Waals surface area contributed by atoms with Gasteiger partial charge in [-0.25, -0.2) is 4.98 Å². The first kappa shape index (κ1) is 22.4. The number of amides is 1. The Hall–Kier alpha value is -3.39. The Morgan fingerprint density at radius 3 is 2.94 bits per heavy atom. The van der Waals surface area contributed by atoms with Crippen molar-refractivity contribution in [3.8, 4) is 17.4 Å². The van der Waals surface area contributed by atoms with Crippen molar-refractivity contribution < 1.29 is 19.0 Å². The van der Waals surface area contributed by atoms with E-state index in [1.165, 1.54) is 5.56 Å². The van der Waals surface area contributed by atoms with E-state index in [0.29, 0.717) is 42.6 Å². The van der Waals surface area contributed by atoms with Gasteiger partial charge in [0.1, 0.15) is 18.7 Å². The van der Waals surface area contributed by atoms with Crippen LogP contribution in [0.15, 0.2) is 42.6 Å². The van der Waals surface area contributed by atoms with Gasteiger partial charge in [0.25, 0.3) is 0 Å². The lowest BCUT2D eigenvalue weighted by Crippen LogP contribution is -2.35. The maximum Gasteiger partial charge on any atom is 0.224 e. The molecule has 2 aromatic heterocycles. The minimum atomic E-state index is 0.000999. The van der Waals surface area contributed by atoms with E-state index in [-0.39, 0.29) is 5.91 Å². The van der Waals surface area contributed by atoms with E-state index in [0.717, 1.165) is 55.9 Å². The zero-order chi connectivity index (χ0) is 23.3. The van der Waals surface area contributed by atoms with Crippen LogP contribution in [0.4, 0.5) is 5.69 Å². The topological polar surface area (TPSA) is 85.8 Å². The van der Waals surface area contributed by atoms with E-state index >= 15 is 0 Å². The molecule has 1 unspecified atom stereocenters. The Kier molecular flexibility index (Phi) is 6.76. The van der Waals surface area contributed by atoms with Crippen LogP contribution in [0.3, 0.4) is 0 Å². The zero-order valence-corrected chi connectivity index (χ0v) is 19.5. The first-order chi connectivity index (χ1) is 16.7. The highest BCUT2D eigenvalue weighted by Crippen LogP contribution is 2.32. The number of nitrogens with one attached hydrogen (secondary N) is 1. The fraction of sp³-hybridized carbons (Fsp3) is 0.423. The Morgan fingerprint density at radius 1 is 1.18 bits per heavy atom. The van der Waals surface area contributed by atoms with Crippen LogP contribution in [-0.2, 0) is 11.3 Å². The maximum atomic E-state index is 12.7. The highest BCUT2D eigenvalue weighted by Gasteiger charge is 2.22. The molecule has 178 valence electrons. The molecule has 0 bridgehead atoms. The third kappa shape index (κ3) is 5.22. The molecule has 0 aliphatic carbocycles. The predicted molar refractivity (Wildman–Crippen MR) is 129 cm³/mol. The Morgan fingerprint density at radius 2 is 2.06 bits per heavy atom. The third-order valence-corrected chi connectivity index (χ3v) is 6.44. The van der Waals surface area contributed by atoms with E-state index in [9.17, 15) is 4.79 Å². The van der Waals surface area contributed by atoms with Crippen molar-refractivity contribution in [3.05, 3.63) is 48.2 Å². The summed E-state index contributed by atoms with van der Waals surface area (Å²) in [5, 5.41) is 3.02. The number of hydrogen-bond donors (Lipinski definition) is 1. The summed E-state index contributed by atoms with van der Waals surface area (Å²) in [6.07, 6.45) is 5.33. The number of pyridine rings is 2. The molecular weight excluding hydrogens is 432 g/mol. The molecule has 1 atom stereocenters. The van der Waals surface area contributed by atoms with Crippen LogP contribution < -0.4 is 19.5 Å². The Labute approximate surface area is 199 Å². The van der Waals surface area contributed by atoms with Crippen molar-refractivity contribution in [2.75, 3.05) is 38.7 Å². The first-order valence-corrected chi connectivity index (χ1v) is 11.9. The standard InChI is InChI=1S/C26H30N4O4/c1-32-25-9-6-20-26(29-25)21(10-11-27-20)28-24(31)8-5-18-3-2-12-30(16-18)17-19-4-7-22-23(15-19)34-14-13-33-22/h4,6-7,9-11,15,18H,2-3,5,8,12-14,16-17H2,1H3,(H,27,28,31). The van der Waals surface area contributed by atoms with Gasteiger partial charge in [-0.05, 0) is 61.6 Å². The Balaban J connectivity index is 1.15. The van der Waals surface area contributed by atoms with Crippen molar-refractivity contribution in [1.82, 2.24) is 14.9 Å². The second-order valence-corrected chi connectivity index (χ2v) is 8.89. The lowest BCUT2D eigenvalue weighted by Gasteiger charge is -2.33. The minimum absolute atomic E-state index is 0.000999. The molecule has 2 aliphatic heterocycles. The van der Waals surface area contributed by atoms with E-state index in [1.807, 2.05) is 12.1 Å². The van der Waals surface area contributed by atoms with Gasteiger partial charge in [-0.3, -0.25) is 14.7 Å². The summed E-state index contributed by atoms with van der Waals surface area (Å²) in [5.41, 5.74) is 3.26.